The highest BCUT2D eigenvalue weighted by Gasteiger charge is 2.37. The molecule has 1 aromatic heterocycles. The number of carbonyl (C=O) groups excluding carboxylic acids is 1. The van der Waals surface area contributed by atoms with Crippen molar-refractivity contribution in [3.05, 3.63) is 17.7 Å². The summed E-state index contributed by atoms with van der Waals surface area (Å²) in [5.41, 5.74) is 0.836. The molecular weight excluding hydrogens is 268 g/mol. The zero-order valence-corrected chi connectivity index (χ0v) is 13.2. The normalized spacial score (nSPS) is 16.4. The van der Waals surface area contributed by atoms with E-state index in [1.54, 1.807) is 20.4 Å². The summed E-state index contributed by atoms with van der Waals surface area (Å²) in [5.74, 6) is 0.663. The largest absolute Gasteiger partial charge is 0.385 e. The van der Waals surface area contributed by atoms with Gasteiger partial charge in [0.25, 0.3) is 5.91 Å². The molecule has 0 unspecified atom stereocenters. The van der Waals surface area contributed by atoms with Crippen molar-refractivity contribution >= 4 is 11.6 Å². The molecule has 6 heteroatoms. The maximum Gasteiger partial charge on any atom is 0.272 e. The maximum atomic E-state index is 12.4. The summed E-state index contributed by atoms with van der Waals surface area (Å²) in [6.07, 6.45) is 4.79. The summed E-state index contributed by atoms with van der Waals surface area (Å²) >= 11 is 0. The zero-order chi connectivity index (χ0) is 15.5. The molecule has 0 aromatic carbocycles. The van der Waals surface area contributed by atoms with E-state index in [-0.39, 0.29) is 17.4 Å². The van der Waals surface area contributed by atoms with Gasteiger partial charge in [-0.2, -0.15) is 0 Å². The molecular formula is C15H24N4O2. The fraction of sp³-hybridized carbons (Fsp3) is 0.667. The molecule has 2 rings (SSSR count). The Hall–Kier alpha value is -1.69. The van der Waals surface area contributed by atoms with Gasteiger partial charge in [0, 0.05) is 26.6 Å². The first kappa shape index (κ1) is 15.7. The SMILES string of the molecule is CNc1cnc(C(C)C)nc1C(=O)NCC1(OC)CCC1. The predicted molar refractivity (Wildman–Crippen MR) is 81.6 cm³/mol. The van der Waals surface area contributed by atoms with Crippen LogP contribution in [-0.4, -0.2) is 42.2 Å². The first-order valence-corrected chi connectivity index (χ1v) is 7.39. The van der Waals surface area contributed by atoms with Crippen LogP contribution >= 0.6 is 0 Å². The fourth-order valence-electron chi connectivity index (χ4n) is 2.38. The average Bonchev–Trinajstić information content (AvgIpc) is 2.45. The van der Waals surface area contributed by atoms with Crippen molar-refractivity contribution in [3.8, 4) is 0 Å². The third-order valence-electron chi connectivity index (χ3n) is 4.08. The van der Waals surface area contributed by atoms with Crippen LogP contribution < -0.4 is 10.6 Å². The minimum Gasteiger partial charge on any atom is -0.385 e. The lowest BCUT2D eigenvalue weighted by Crippen LogP contribution is -2.49. The van der Waals surface area contributed by atoms with Crippen molar-refractivity contribution in [1.29, 1.82) is 0 Å². The van der Waals surface area contributed by atoms with Gasteiger partial charge in [-0.3, -0.25) is 4.79 Å². The van der Waals surface area contributed by atoms with Gasteiger partial charge in [0.15, 0.2) is 5.69 Å². The van der Waals surface area contributed by atoms with E-state index in [1.807, 2.05) is 13.8 Å². The molecule has 0 saturated heterocycles. The number of methoxy groups -OCH3 is 1. The molecule has 1 aliphatic rings. The van der Waals surface area contributed by atoms with Gasteiger partial charge < -0.3 is 15.4 Å². The minimum absolute atomic E-state index is 0.180. The Morgan fingerprint density at radius 1 is 1.48 bits per heavy atom. The number of anilines is 1. The summed E-state index contributed by atoms with van der Waals surface area (Å²) in [6.45, 7) is 4.53. The van der Waals surface area contributed by atoms with Gasteiger partial charge in [-0.05, 0) is 19.3 Å². The number of aromatic nitrogens is 2. The Morgan fingerprint density at radius 3 is 2.67 bits per heavy atom. The van der Waals surface area contributed by atoms with Crippen molar-refractivity contribution in [2.75, 3.05) is 26.0 Å². The number of ether oxygens (including phenoxy) is 1. The topological polar surface area (TPSA) is 76.1 Å². The minimum atomic E-state index is -0.191. The molecule has 1 saturated carbocycles. The van der Waals surface area contributed by atoms with Crippen LogP contribution in [0.5, 0.6) is 0 Å². The number of rotatable bonds is 6. The quantitative estimate of drug-likeness (QED) is 0.838. The molecule has 1 aliphatic carbocycles. The van der Waals surface area contributed by atoms with E-state index in [4.69, 9.17) is 4.74 Å². The number of hydrogen-bond acceptors (Lipinski definition) is 5. The van der Waals surface area contributed by atoms with Gasteiger partial charge in [0.2, 0.25) is 0 Å². The lowest BCUT2D eigenvalue weighted by Gasteiger charge is -2.40. The average molecular weight is 292 g/mol. The molecule has 1 heterocycles. The standard InChI is InChI=1S/C15H24N4O2/c1-10(2)13-17-8-11(16-3)12(19-13)14(20)18-9-15(21-4)6-5-7-15/h8,10,16H,5-7,9H2,1-4H3,(H,18,20). The smallest absolute Gasteiger partial charge is 0.272 e. The van der Waals surface area contributed by atoms with Crippen molar-refractivity contribution < 1.29 is 9.53 Å². The summed E-state index contributed by atoms with van der Waals surface area (Å²) in [4.78, 5) is 21.1. The molecule has 21 heavy (non-hydrogen) atoms. The molecule has 0 aliphatic heterocycles. The van der Waals surface area contributed by atoms with Crippen molar-refractivity contribution in [1.82, 2.24) is 15.3 Å². The predicted octanol–water partition coefficient (Wildman–Crippen LogP) is 1.94. The Labute approximate surface area is 125 Å². The van der Waals surface area contributed by atoms with Gasteiger partial charge in [0.05, 0.1) is 17.5 Å². The second kappa shape index (κ2) is 6.39. The van der Waals surface area contributed by atoms with Crippen LogP contribution in [0.15, 0.2) is 6.20 Å². The molecule has 0 atom stereocenters. The van der Waals surface area contributed by atoms with Gasteiger partial charge in [-0.1, -0.05) is 13.8 Å². The second-order valence-corrected chi connectivity index (χ2v) is 5.82. The van der Waals surface area contributed by atoms with Crippen LogP contribution in [0.3, 0.4) is 0 Å². The lowest BCUT2D eigenvalue weighted by molar-refractivity contribution is -0.0679. The summed E-state index contributed by atoms with van der Waals surface area (Å²) in [6, 6.07) is 0. The Balaban J connectivity index is 2.12. The molecule has 1 amide bonds. The Kier molecular flexibility index (Phi) is 4.77. The molecule has 0 spiro atoms. The van der Waals surface area contributed by atoms with Crippen LogP contribution in [0.4, 0.5) is 5.69 Å². The fourth-order valence-corrected chi connectivity index (χ4v) is 2.38. The van der Waals surface area contributed by atoms with E-state index in [0.29, 0.717) is 23.8 Å². The molecule has 6 nitrogen and oxygen atoms in total. The van der Waals surface area contributed by atoms with E-state index in [0.717, 1.165) is 19.3 Å². The van der Waals surface area contributed by atoms with Gasteiger partial charge in [-0.25, -0.2) is 9.97 Å². The van der Waals surface area contributed by atoms with Crippen molar-refractivity contribution in [3.63, 3.8) is 0 Å². The number of amides is 1. The van der Waals surface area contributed by atoms with Crippen LogP contribution in [-0.2, 0) is 4.74 Å². The van der Waals surface area contributed by atoms with E-state index in [2.05, 4.69) is 20.6 Å². The Bertz CT molecular complexity index is 507. The number of hydrogen-bond donors (Lipinski definition) is 2. The van der Waals surface area contributed by atoms with Crippen LogP contribution in [0.25, 0.3) is 0 Å². The summed E-state index contributed by atoms with van der Waals surface area (Å²) < 4.78 is 5.52. The monoisotopic (exact) mass is 292 g/mol. The van der Waals surface area contributed by atoms with Crippen LogP contribution in [0, 0.1) is 0 Å². The first-order valence-electron chi connectivity index (χ1n) is 7.39. The maximum absolute atomic E-state index is 12.4. The molecule has 0 bridgehead atoms. The molecule has 1 aromatic rings. The van der Waals surface area contributed by atoms with E-state index in [1.165, 1.54) is 0 Å². The first-order chi connectivity index (χ1) is 10.0. The second-order valence-electron chi connectivity index (χ2n) is 5.82. The number of carbonyl (C=O) groups is 1. The van der Waals surface area contributed by atoms with Crippen LogP contribution in [0.1, 0.15) is 55.3 Å². The highest BCUT2D eigenvalue weighted by molar-refractivity contribution is 5.97. The molecule has 2 N–H and O–H groups in total. The highest BCUT2D eigenvalue weighted by Crippen LogP contribution is 2.34. The highest BCUT2D eigenvalue weighted by atomic mass is 16.5. The molecule has 116 valence electrons. The van der Waals surface area contributed by atoms with Crippen molar-refractivity contribution in [2.24, 2.45) is 0 Å². The van der Waals surface area contributed by atoms with E-state index >= 15 is 0 Å². The lowest BCUT2D eigenvalue weighted by atomic mass is 9.80. The third-order valence-corrected chi connectivity index (χ3v) is 4.08. The number of nitrogens with one attached hydrogen (secondary N) is 2. The third kappa shape index (κ3) is 3.32. The summed E-state index contributed by atoms with van der Waals surface area (Å²) in [5, 5.41) is 5.90. The molecule has 1 fully saturated rings. The van der Waals surface area contributed by atoms with E-state index in [9.17, 15) is 4.79 Å². The zero-order valence-electron chi connectivity index (χ0n) is 13.2. The Morgan fingerprint density at radius 2 is 2.19 bits per heavy atom. The van der Waals surface area contributed by atoms with Crippen LogP contribution in [0.2, 0.25) is 0 Å². The van der Waals surface area contributed by atoms with Gasteiger partial charge in [-0.15, -0.1) is 0 Å². The van der Waals surface area contributed by atoms with Gasteiger partial charge in [0.1, 0.15) is 5.82 Å². The van der Waals surface area contributed by atoms with Gasteiger partial charge >= 0.3 is 0 Å². The van der Waals surface area contributed by atoms with E-state index < -0.39 is 0 Å². The summed E-state index contributed by atoms with van der Waals surface area (Å²) in [7, 11) is 3.46. The molecule has 0 radical (unpaired) electrons. The van der Waals surface area contributed by atoms with Crippen molar-refractivity contribution in [2.45, 2.75) is 44.6 Å². The number of nitrogens with zero attached hydrogens (tertiary/aromatic N) is 2.